The first-order valence-corrected chi connectivity index (χ1v) is 10.1. The lowest BCUT2D eigenvalue weighted by atomic mass is 9.87. The molecule has 3 N–H and O–H groups in total. The van der Waals surface area contributed by atoms with Gasteiger partial charge in [-0.05, 0) is 66.8 Å². The third-order valence-corrected chi connectivity index (χ3v) is 6.39. The molecule has 0 spiro atoms. The lowest BCUT2D eigenvalue weighted by Crippen LogP contribution is -2.31. The molecule has 0 saturated heterocycles. The SMILES string of the molecule is CCS(=O)(=O)c1ccc(C(=O)NC2CCCc3cc(N)ccc32)cc1.Cl. The number of rotatable bonds is 4. The minimum atomic E-state index is -3.26. The van der Waals surface area contributed by atoms with Crippen LogP contribution in [0.5, 0.6) is 0 Å². The Hall–Kier alpha value is -2.05. The summed E-state index contributed by atoms with van der Waals surface area (Å²) in [5.74, 6) is -0.157. The van der Waals surface area contributed by atoms with E-state index in [1.807, 2.05) is 18.2 Å². The number of nitrogen functional groups attached to an aromatic ring is 1. The van der Waals surface area contributed by atoms with Crippen LogP contribution >= 0.6 is 12.4 Å². The Kier molecular flexibility index (Phi) is 6.31. The Balaban J connectivity index is 0.00000243. The van der Waals surface area contributed by atoms with E-state index in [9.17, 15) is 13.2 Å². The maximum Gasteiger partial charge on any atom is 0.251 e. The first kappa shape index (κ1) is 20.3. The highest BCUT2D eigenvalue weighted by molar-refractivity contribution is 7.91. The topological polar surface area (TPSA) is 89.3 Å². The molecule has 2 aromatic rings. The van der Waals surface area contributed by atoms with Crippen LogP contribution in [0.15, 0.2) is 47.4 Å². The molecule has 0 radical (unpaired) electrons. The summed E-state index contributed by atoms with van der Waals surface area (Å²) < 4.78 is 23.7. The quantitative estimate of drug-likeness (QED) is 0.778. The van der Waals surface area contributed by atoms with Gasteiger partial charge in [0.1, 0.15) is 0 Å². The number of fused-ring (bicyclic) bond motifs is 1. The van der Waals surface area contributed by atoms with Crippen molar-refractivity contribution in [1.29, 1.82) is 0 Å². The summed E-state index contributed by atoms with van der Waals surface area (Å²) >= 11 is 0. The minimum Gasteiger partial charge on any atom is -0.399 e. The van der Waals surface area contributed by atoms with Gasteiger partial charge in [0.05, 0.1) is 16.7 Å². The second-order valence-corrected chi connectivity index (χ2v) is 8.58. The largest absolute Gasteiger partial charge is 0.399 e. The molecular weight excluding hydrogens is 372 g/mol. The van der Waals surface area contributed by atoms with E-state index in [4.69, 9.17) is 5.73 Å². The molecule has 1 unspecified atom stereocenters. The summed E-state index contributed by atoms with van der Waals surface area (Å²) in [7, 11) is -3.26. The minimum absolute atomic E-state index is 0. The molecule has 1 amide bonds. The molecule has 0 heterocycles. The van der Waals surface area contributed by atoms with Gasteiger partial charge in [-0.15, -0.1) is 12.4 Å². The summed E-state index contributed by atoms with van der Waals surface area (Å²) in [5, 5.41) is 3.05. The summed E-state index contributed by atoms with van der Waals surface area (Å²) in [6.45, 7) is 1.60. The van der Waals surface area contributed by atoms with Crippen molar-refractivity contribution in [2.24, 2.45) is 0 Å². The van der Waals surface area contributed by atoms with Crippen LogP contribution in [0.3, 0.4) is 0 Å². The number of halogens is 1. The van der Waals surface area contributed by atoms with Crippen molar-refractivity contribution < 1.29 is 13.2 Å². The number of hydrogen-bond donors (Lipinski definition) is 2. The van der Waals surface area contributed by atoms with E-state index < -0.39 is 9.84 Å². The van der Waals surface area contributed by atoms with Gasteiger partial charge in [-0.3, -0.25) is 4.79 Å². The highest BCUT2D eigenvalue weighted by Crippen LogP contribution is 2.31. The maximum atomic E-state index is 12.5. The zero-order valence-electron chi connectivity index (χ0n) is 14.6. The summed E-state index contributed by atoms with van der Waals surface area (Å²) in [6, 6.07) is 11.9. The predicted molar refractivity (Wildman–Crippen MR) is 105 cm³/mol. The van der Waals surface area contributed by atoms with Gasteiger partial charge in [-0.1, -0.05) is 13.0 Å². The highest BCUT2D eigenvalue weighted by atomic mass is 35.5. The average Bonchev–Trinajstić information content (AvgIpc) is 2.61. The molecule has 0 fully saturated rings. The molecule has 3 rings (SSSR count). The smallest absolute Gasteiger partial charge is 0.251 e. The average molecular weight is 395 g/mol. The van der Waals surface area contributed by atoms with Crippen molar-refractivity contribution in [3.8, 4) is 0 Å². The van der Waals surface area contributed by atoms with Crippen molar-refractivity contribution in [3.05, 3.63) is 59.2 Å². The highest BCUT2D eigenvalue weighted by Gasteiger charge is 2.22. The van der Waals surface area contributed by atoms with Crippen LogP contribution in [-0.4, -0.2) is 20.1 Å². The lowest BCUT2D eigenvalue weighted by molar-refractivity contribution is 0.0932. The molecular formula is C19H23ClN2O3S. The maximum absolute atomic E-state index is 12.5. The predicted octanol–water partition coefficient (Wildman–Crippen LogP) is 3.29. The fraction of sp³-hybridized carbons (Fsp3) is 0.316. The van der Waals surface area contributed by atoms with Crippen LogP contribution in [-0.2, 0) is 16.3 Å². The van der Waals surface area contributed by atoms with Gasteiger partial charge in [0.2, 0.25) is 0 Å². The number of nitrogens with one attached hydrogen (secondary N) is 1. The number of carbonyl (C=O) groups is 1. The Morgan fingerprint density at radius 3 is 2.54 bits per heavy atom. The van der Waals surface area contributed by atoms with Gasteiger partial charge in [0.15, 0.2) is 9.84 Å². The Labute approximate surface area is 160 Å². The van der Waals surface area contributed by atoms with E-state index in [0.29, 0.717) is 5.56 Å². The van der Waals surface area contributed by atoms with Gasteiger partial charge in [-0.25, -0.2) is 8.42 Å². The van der Waals surface area contributed by atoms with Gasteiger partial charge in [0, 0.05) is 11.3 Å². The standard InChI is InChI=1S/C19H22N2O3S.ClH/c1-2-25(23,24)16-9-6-13(7-10-16)19(22)21-18-5-3-4-14-12-15(20)8-11-17(14)18;/h6-12,18H,2-5,20H2,1H3,(H,21,22);1H. The molecule has 1 aliphatic carbocycles. The molecule has 140 valence electrons. The first-order chi connectivity index (χ1) is 11.9. The second-order valence-electron chi connectivity index (χ2n) is 6.30. The molecule has 2 aromatic carbocycles. The lowest BCUT2D eigenvalue weighted by Gasteiger charge is -2.26. The number of carbonyl (C=O) groups excluding carboxylic acids is 1. The Bertz CT molecular complexity index is 896. The third-order valence-electron chi connectivity index (χ3n) is 4.64. The van der Waals surface area contributed by atoms with E-state index in [2.05, 4.69) is 5.32 Å². The monoisotopic (exact) mass is 394 g/mol. The zero-order chi connectivity index (χ0) is 18.0. The molecule has 0 saturated carbocycles. The van der Waals surface area contributed by atoms with Crippen LogP contribution in [0.25, 0.3) is 0 Å². The summed E-state index contributed by atoms with van der Waals surface area (Å²) in [6.07, 6.45) is 2.84. The van der Waals surface area contributed by atoms with Crippen LogP contribution in [0, 0.1) is 0 Å². The molecule has 1 atom stereocenters. The molecule has 26 heavy (non-hydrogen) atoms. The first-order valence-electron chi connectivity index (χ1n) is 8.42. The van der Waals surface area contributed by atoms with E-state index in [-0.39, 0.29) is 35.0 Å². The van der Waals surface area contributed by atoms with Gasteiger partial charge in [-0.2, -0.15) is 0 Å². The van der Waals surface area contributed by atoms with E-state index in [0.717, 1.165) is 30.5 Å². The van der Waals surface area contributed by atoms with Crippen LogP contribution < -0.4 is 11.1 Å². The summed E-state index contributed by atoms with van der Waals surface area (Å²) in [4.78, 5) is 12.8. The zero-order valence-corrected chi connectivity index (χ0v) is 16.2. The molecule has 5 nitrogen and oxygen atoms in total. The number of sulfone groups is 1. The number of amides is 1. The van der Waals surface area contributed by atoms with Gasteiger partial charge in [0.25, 0.3) is 5.91 Å². The van der Waals surface area contributed by atoms with Crippen LogP contribution in [0.2, 0.25) is 0 Å². The number of hydrogen-bond acceptors (Lipinski definition) is 4. The van der Waals surface area contributed by atoms with E-state index in [1.54, 1.807) is 19.1 Å². The van der Waals surface area contributed by atoms with Crippen LogP contribution in [0.1, 0.15) is 47.3 Å². The van der Waals surface area contributed by atoms with Crippen molar-refractivity contribution >= 4 is 33.8 Å². The third kappa shape index (κ3) is 4.19. The van der Waals surface area contributed by atoms with Gasteiger partial charge < -0.3 is 11.1 Å². The molecule has 0 aliphatic heterocycles. The number of anilines is 1. The summed E-state index contributed by atoms with van der Waals surface area (Å²) in [5.41, 5.74) is 9.33. The number of aryl methyl sites for hydroxylation is 1. The molecule has 0 bridgehead atoms. The van der Waals surface area contributed by atoms with Crippen molar-refractivity contribution in [2.75, 3.05) is 11.5 Å². The molecule has 1 aliphatic rings. The number of benzene rings is 2. The Morgan fingerprint density at radius 1 is 1.19 bits per heavy atom. The van der Waals surface area contributed by atoms with E-state index in [1.165, 1.54) is 17.7 Å². The fourth-order valence-corrected chi connectivity index (χ4v) is 4.09. The number of nitrogens with two attached hydrogens (primary N) is 1. The van der Waals surface area contributed by atoms with E-state index >= 15 is 0 Å². The van der Waals surface area contributed by atoms with Crippen molar-refractivity contribution in [2.45, 2.75) is 37.1 Å². The van der Waals surface area contributed by atoms with Gasteiger partial charge >= 0.3 is 0 Å². The van der Waals surface area contributed by atoms with Crippen LogP contribution in [0.4, 0.5) is 5.69 Å². The fourth-order valence-electron chi connectivity index (χ4n) is 3.21. The second kappa shape index (κ2) is 8.10. The molecule has 7 heteroatoms. The molecule has 0 aromatic heterocycles. The normalized spacial score (nSPS) is 16.3. The van der Waals surface area contributed by atoms with Crippen molar-refractivity contribution in [3.63, 3.8) is 0 Å². The van der Waals surface area contributed by atoms with Crippen molar-refractivity contribution in [1.82, 2.24) is 5.32 Å². The Morgan fingerprint density at radius 2 is 1.88 bits per heavy atom.